The smallest absolute Gasteiger partial charge is 0.244 e. The summed E-state index contributed by atoms with van der Waals surface area (Å²) in [6.07, 6.45) is 6.75. The van der Waals surface area contributed by atoms with Gasteiger partial charge in [-0.05, 0) is 62.4 Å². The van der Waals surface area contributed by atoms with Gasteiger partial charge in [0.25, 0.3) is 0 Å². The Hall–Kier alpha value is -2.39. The number of carbonyl (C=O) groups excluding carboxylic acids is 2. The first-order chi connectivity index (χ1) is 17.5. The zero-order chi connectivity index (χ0) is 27.2. The Labute approximate surface area is 229 Å². The molecule has 0 aromatic heterocycles. The number of carbonyl (C=O) groups is 2. The highest BCUT2D eigenvalue weighted by Gasteiger charge is 2.32. The lowest BCUT2D eigenvalue weighted by molar-refractivity contribution is -0.140. The van der Waals surface area contributed by atoms with Crippen molar-refractivity contribution in [3.8, 4) is 0 Å². The van der Waals surface area contributed by atoms with E-state index in [9.17, 15) is 18.0 Å². The second kappa shape index (κ2) is 12.9. The molecule has 0 saturated heterocycles. The molecular weight excluding hydrogens is 554 g/mol. The number of anilines is 1. The van der Waals surface area contributed by atoms with Gasteiger partial charge in [-0.2, -0.15) is 0 Å². The molecule has 1 atom stereocenters. The van der Waals surface area contributed by atoms with Crippen LogP contribution in [0.25, 0.3) is 0 Å². The van der Waals surface area contributed by atoms with Crippen LogP contribution in [0.3, 0.4) is 0 Å². The lowest BCUT2D eigenvalue weighted by Gasteiger charge is -2.34. The van der Waals surface area contributed by atoms with Crippen LogP contribution in [0.2, 0.25) is 0 Å². The number of nitrogens with one attached hydrogen (secondary N) is 1. The summed E-state index contributed by atoms with van der Waals surface area (Å²) in [6, 6.07) is 12.4. The molecule has 0 heterocycles. The van der Waals surface area contributed by atoms with Crippen LogP contribution in [0.1, 0.15) is 62.1 Å². The average Bonchev–Trinajstić information content (AvgIpc) is 2.85. The Morgan fingerprint density at radius 3 is 2.27 bits per heavy atom. The topological polar surface area (TPSA) is 86.8 Å². The van der Waals surface area contributed by atoms with Crippen molar-refractivity contribution in [3.05, 3.63) is 63.6 Å². The van der Waals surface area contributed by atoms with Gasteiger partial charge >= 0.3 is 0 Å². The molecule has 3 rings (SSSR count). The zero-order valence-corrected chi connectivity index (χ0v) is 24.6. The van der Waals surface area contributed by atoms with E-state index >= 15 is 0 Å². The monoisotopic (exact) mass is 591 g/mol. The van der Waals surface area contributed by atoms with Crippen LogP contribution >= 0.6 is 15.9 Å². The summed E-state index contributed by atoms with van der Waals surface area (Å²) < 4.78 is 27.5. The van der Waals surface area contributed by atoms with Crippen LogP contribution < -0.4 is 9.62 Å². The lowest BCUT2D eigenvalue weighted by Crippen LogP contribution is -2.53. The van der Waals surface area contributed by atoms with Crippen molar-refractivity contribution in [1.82, 2.24) is 10.2 Å². The molecule has 2 aromatic rings. The number of amides is 2. The summed E-state index contributed by atoms with van der Waals surface area (Å²) in [6.45, 7) is 5.56. The Morgan fingerprint density at radius 1 is 1.05 bits per heavy atom. The van der Waals surface area contributed by atoms with E-state index in [1.165, 1.54) is 11.3 Å². The maximum absolute atomic E-state index is 13.8. The number of benzene rings is 2. The minimum Gasteiger partial charge on any atom is -0.352 e. The van der Waals surface area contributed by atoms with Crippen molar-refractivity contribution in [2.24, 2.45) is 0 Å². The fourth-order valence-electron chi connectivity index (χ4n) is 4.75. The fraction of sp³-hybridized carbons (Fsp3) is 0.500. The van der Waals surface area contributed by atoms with Crippen molar-refractivity contribution in [2.45, 2.75) is 77.9 Å². The highest BCUT2D eigenvalue weighted by Crippen LogP contribution is 2.25. The van der Waals surface area contributed by atoms with Gasteiger partial charge in [-0.15, -0.1) is 0 Å². The molecule has 2 amide bonds. The van der Waals surface area contributed by atoms with E-state index < -0.39 is 22.0 Å². The van der Waals surface area contributed by atoms with Crippen molar-refractivity contribution < 1.29 is 18.0 Å². The SMILES string of the molecule is CC[C@H](C(=O)NC1CCCCC1)N(Cc1ccc(C)cc1)C(=O)CN(c1ccc(Br)c(C)c1)S(C)(=O)=O. The molecule has 0 spiro atoms. The maximum atomic E-state index is 13.8. The molecule has 202 valence electrons. The largest absolute Gasteiger partial charge is 0.352 e. The zero-order valence-electron chi connectivity index (χ0n) is 22.2. The van der Waals surface area contributed by atoms with Crippen molar-refractivity contribution in [1.29, 1.82) is 0 Å². The summed E-state index contributed by atoms with van der Waals surface area (Å²) in [5.74, 6) is -0.600. The van der Waals surface area contributed by atoms with Crippen LogP contribution in [-0.4, -0.2) is 50.0 Å². The van der Waals surface area contributed by atoms with Crippen molar-refractivity contribution in [2.75, 3.05) is 17.1 Å². The highest BCUT2D eigenvalue weighted by molar-refractivity contribution is 9.10. The third kappa shape index (κ3) is 8.04. The Bertz CT molecular complexity index is 1190. The molecule has 7 nitrogen and oxygen atoms in total. The number of halogens is 1. The van der Waals surface area contributed by atoms with E-state index in [-0.39, 0.29) is 25.0 Å². The van der Waals surface area contributed by atoms with E-state index in [1.54, 1.807) is 18.2 Å². The minimum absolute atomic E-state index is 0.116. The number of rotatable bonds is 10. The van der Waals surface area contributed by atoms with E-state index in [4.69, 9.17) is 0 Å². The van der Waals surface area contributed by atoms with E-state index in [1.807, 2.05) is 45.0 Å². The van der Waals surface area contributed by atoms with Crippen molar-refractivity contribution in [3.63, 3.8) is 0 Å². The average molecular weight is 593 g/mol. The lowest BCUT2D eigenvalue weighted by atomic mass is 9.95. The third-order valence-corrected chi connectivity index (χ3v) is 8.95. The first-order valence-electron chi connectivity index (χ1n) is 12.9. The van der Waals surface area contributed by atoms with Crippen LogP contribution in [0.15, 0.2) is 46.9 Å². The molecule has 1 fully saturated rings. The summed E-state index contributed by atoms with van der Waals surface area (Å²) in [4.78, 5) is 28.8. The molecule has 1 N–H and O–H groups in total. The molecule has 2 aromatic carbocycles. The van der Waals surface area contributed by atoms with Gasteiger partial charge in [0.05, 0.1) is 11.9 Å². The summed E-state index contributed by atoms with van der Waals surface area (Å²) in [5, 5.41) is 3.16. The van der Waals surface area contributed by atoms with Gasteiger partial charge in [0, 0.05) is 17.1 Å². The van der Waals surface area contributed by atoms with Gasteiger partial charge in [0.2, 0.25) is 21.8 Å². The van der Waals surface area contributed by atoms with E-state index in [2.05, 4.69) is 21.2 Å². The first kappa shape index (κ1) is 29.2. The maximum Gasteiger partial charge on any atom is 0.244 e. The molecule has 0 radical (unpaired) electrons. The Morgan fingerprint density at radius 2 is 1.70 bits per heavy atom. The fourth-order valence-corrected chi connectivity index (χ4v) is 5.84. The predicted octanol–water partition coefficient (Wildman–Crippen LogP) is 5.09. The van der Waals surface area contributed by atoms with Crippen LogP contribution in [0.4, 0.5) is 5.69 Å². The first-order valence-corrected chi connectivity index (χ1v) is 15.5. The minimum atomic E-state index is -3.76. The van der Waals surface area contributed by atoms with Crippen LogP contribution in [0.5, 0.6) is 0 Å². The van der Waals surface area contributed by atoms with E-state index in [0.29, 0.717) is 12.1 Å². The van der Waals surface area contributed by atoms with Gasteiger partial charge in [-0.1, -0.05) is 71.9 Å². The third-order valence-electron chi connectivity index (χ3n) is 6.92. The summed E-state index contributed by atoms with van der Waals surface area (Å²) in [5.41, 5.74) is 3.24. The number of nitrogens with zero attached hydrogens (tertiary/aromatic N) is 2. The van der Waals surface area contributed by atoms with Crippen LogP contribution in [-0.2, 0) is 26.2 Å². The van der Waals surface area contributed by atoms with E-state index in [0.717, 1.165) is 57.4 Å². The molecule has 1 aliphatic rings. The molecule has 0 bridgehead atoms. The van der Waals surface area contributed by atoms with Gasteiger partial charge in [0.1, 0.15) is 12.6 Å². The highest BCUT2D eigenvalue weighted by atomic mass is 79.9. The summed E-state index contributed by atoms with van der Waals surface area (Å²) >= 11 is 3.44. The molecule has 9 heteroatoms. The number of aryl methyl sites for hydroxylation is 2. The summed E-state index contributed by atoms with van der Waals surface area (Å²) in [7, 11) is -3.76. The molecule has 37 heavy (non-hydrogen) atoms. The van der Waals surface area contributed by atoms with Gasteiger partial charge in [-0.3, -0.25) is 13.9 Å². The number of sulfonamides is 1. The van der Waals surface area contributed by atoms with Gasteiger partial charge in [0.15, 0.2) is 0 Å². The molecule has 0 unspecified atom stereocenters. The van der Waals surface area contributed by atoms with Crippen molar-refractivity contribution >= 4 is 43.5 Å². The Kier molecular flexibility index (Phi) is 10.2. The second-order valence-electron chi connectivity index (χ2n) is 9.98. The number of hydrogen-bond acceptors (Lipinski definition) is 4. The molecule has 1 aliphatic carbocycles. The molecule has 0 aliphatic heterocycles. The predicted molar refractivity (Wildman–Crippen MR) is 152 cm³/mol. The van der Waals surface area contributed by atoms with Gasteiger partial charge < -0.3 is 10.2 Å². The molecule has 1 saturated carbocycles. The second-order valence-corrected chi connectivity index (χ2v) is 12.7. The quantitative estimate of drug-likeness (QED) is 0.417. The Balaban J connectivity index is 1.92. The normalized spacial score (nSPS) is 15.2. The number of hydrogen-bond donors (Lipinski definition) is 1. The van der Waals surface area contributed by atoms with Crippen LogP contribution in [0, 0.1) is 13.8 Å². The standard InChI is InChI=1S/C28H38BrN3O4S/c1-5-26(28(34)30-23-9-7-6-8-10-23)31(18-22-13-11-20(2)12-14-22)27(33)19-32(37(4,35)36)24-15-16-25(29)21(3)17-24/h11-17,23,26H,5-10,18-19H2,1-4H3,(H,30,34)/t26-/m1/s1. The van der Waals surface area contributed by atoms with Gasteiger partial charge in [-0.25, -0.2) is 8.42 Å². The molecular formula is C28H38BrN3O4S.